The van der Waals surface area contributed by atoms with E-state index in [9.17, 15) is 9.90 Å². The van der Waals surface area contributed by atoms with Crippen molar-refractivity contribution in [2.45, 2.75) is 46.3 Å². The van der Waals surface area contributed by atoms with Gasteiger partial charge in [0.05, 0.1) is 12.1 Å². The second-order valence-electron chi connectivity index (χ2n) is 7.67. The van der Waals surface area contributed by atoms with E-state index in [1.165, 1.54) is 11.1 Å². The highest BCUT2D eigenvalue weighted by Gasteiger charge is 2.21. The van der Waals surface area contributed by atoms with E-state index in [0.717, 1.165) is 0 Å². The molecule has 0 bridgehead atoms. The summed E-state index contributed by atoms with van der Waals surface area (Å²) in [5.74, 6) is 0. The van der Waals surface area contributed by atoms with Crippen molar-refractivity contribution in [2.75, 3.05) is 27.2 Å². The topological polar surface area (TPSA) is 64.6 Å². The summed E-state index contributed by atoms with van der Waals surface area (Å²) < 4.78 is 0. The number of carbonyl (C=O) groups excluding carboxylic acids is 1. The van der Waals surface area contributed by atoms with Gasteiger partial charge < -0.3 is 20.6 Å². The molecule has 1 aromatic carbocycles. The van der Waals surface area contributed by atoms with E-state index in [-0.39, 0.29) is 23.6 Å². The van der Waals surface area contributed by atoms with Crippen molar-refractivity contribution in [3.05, 3.63) is 35.4 Å². The highest BCUT2D eigenvalue weighted by atomic mass is 16.3. The summed E-state index contributed by atoms with van der Waals surface area (Å²) in [7, 11) is 4.02. The van der Waals surface area contributed by atoms with E-state index in [2.05, 4.69) is 46.7 Å². The van der Waals surface area contributed by atoms with Gasteiger partial charge in [-0.05, 0) is 45.3 Å². The van der Waals surface area contributed by atoms with Gasteiger partial charge in [0.15, 0.2) is 0 Å². The molecule has 0 saturated carbocycles. The fourth-order valence-electron chi connectivity index (χ4n) is 2.83. The van der Waals surface area contributed by atoms with E-state index >= 15 is 0 Å². The average Bonchev–Trinajstić information content (AvgIpc) is 2.45. The van der Waals surface area contributed by atoms with Crippen LogP contribution in [0.25, 0.3) is 0 Å². The Balaban J connectivity index is 2.52. The lowest BCUT2D eigenvalue weighted by Crippen LogP contribution is -2.44. The number of rotatable bonds is 8. The summed E-state index contributed by atoms with van der Waals surface area (Å²) in [5.41, 5.74) is 2.27. The van der Waals surface area contributed by atoms with Crippen LogP contribution >= 0.6 is 0 Å². The molecule has 2 unspecified atom stereocenters. The van der Waals surface area contributed by atoms with Crippen LogP contribution in [-0.2, 0) is 0 Å². The number of hydrogen-bond acceptors (Lipinski definition) is 3. The summed E-state index contributed by atoms with van der Waals surface area (Å²) in [6.45, 7) is 8.98. The molecule has 0 fully saturated rings. The molecule has 2 atom stereocenters. The summed E-state index contributed by atoms with van der Waals surface area (Å²) in [6.07, 6.45) is 0.279. The van der Waals surface area contributed by atoms with Crippen molar-refractivity contribution in [2.24, 2.45) is 5.41 Å². The number of aliphatic hydroxyl groups excluding tert-OH is 1. The van der Waals surface area contributed by atoms with Gasteiger partial charge in [0, 0.05) is 13.1 Å². The first-order valence-corrected chi connectivity index (χ1v) is 8.53. The Morgan fingerprint density at radius 2 is 1.79 bits per heavy atom. The minimum atomic E-state index is -0.371. The molecule has 136 valence electrons. The Hall–Kier alpha value is -1.59. The van der Waals surface area contributed by atoms with E-state index < -0.39 is 0 Å². The third kappa shape index (κ3) is 7.32. The van der Waals surface area contributed by atoms with Crippen LogP contribution in [0.4, 0.5) is 4.79 Å². The highest BCUT2D eigenvalue weighted by Crippen LogP contribution is 2.21. The predicted molar refractivity (Wildman–Crippen MR) is 99.1 cm³/mol. The zero-order valence-corrected chi connectivity index (χ0v) is 15.9. The number of nitrogens with zero attached hydrogens (tertiary/aromatic N) is 1. The Kier molecular flexibility index (Phi) is 7.70. The lowest BCUT2D eigenvalue weighted by Gasteiger charge is -2.28. The molecule has 5 nitrogen and oxygen atoms in total. The zero-order chi connectivity index (χ0) is 18.3. The fraction of sp³-hybridized carbons (Fsp3) is 0.632. The number of urea groups is 1. The van der Waals surface area contributed by atoms with Gasteiger partial charge in [-0.1, -0.05) is 43.7 Å². The maximum atomic E-state index is 12.1. The van der Waals surface area contributed by atoms with Crippen molar-refractivity contribution >= 4 is 6.03 Å². The molecular formula is C19H33N3O2. The smallest absolute Gasteiger partial charge is 0.314 e. The van der Waals surface area contributed by atoms with Crippen LogP contribution in [0, 0.1) is 12.3 Å². The summed E-state index contributed by atoms with van der Waals surface area (Å²) in [4.78, 5) is 14.2. The van der Waals surface area contributed by atoms with Gasteiger partial charge in [-0.25, -0.2) is 4.79 Å². The molecule has 0 saturated heterocycles. The Morgan fingerprint density at radius 3 is 2.29 bits per heavy atom. The van der Waals surface area contributed by atoms with Crippen molar-refractivity contribution in [3.8, 4) is 0 Å². The molecule has 0 aliphatic heterocycles. The average molecular weight is 335 g/mol. The van der Waals surface area contributed by atoms with Crippen molar-refractivity contribution in [3.63, 3.8) is 0 Å². The molecule has 0 aliphatic rings. The molecular weight excluding hydrogens is 302 g/mol. The van der Waals surface area contributed by atoms with Crippen LogP contribution in [0.2, 0.25) is 0 Å². The van der Waals surface area contributed by atoms with E-state index in [1.807, 2.05) is 27.9 Å². The third-order valence-electron chi connectivity index (χ3n) is 4.12. The number of aliphatic hydroxyl groups is 1. The lowest BCUT2D eigenvalue weighted by atomic mass is 9.87. The molecule has 1 rings (SSSR count). The van der Waals surface area contributed by atoms with Gasteiger partial charge in [0.25, 0.3) is 0 Å². The number of aryl methyl sites for hydroxylation is 1. The van der Waals surface area contributed by atoms with Gasteiger partial charge in [0.2, 0.25) is 0 Å². The number of benzene rings is 1. The summed E-state index contributed by atoms with van der Waals surface area (Å²) in [6, 6.07) is 8.33. The van der Waals surface area contributed by atoms with Crippen LogP contribution in [-0.4, -0.2) is 49.3 Å². The summed E-state index contributed by atoms with van der Waals surface area (Å²) in [5, 5.41) is 15.4. The molecule has 0 heterocycles. The van der Waals surface area contributed by atoms with Crippen molar-refractivity contribution in [1.82, 2.24) is 15.5 Å². The van der Waals surface area contributed by atoms with Gasteiger partial charge in [-0.2, -0.15) is 0 Å². The first-order valence-electron chi connectivity index (χ1n) is 8.53. The third-order valence-corrected chi connectivity index (χ3v) is 4.12. The van der Waals surface area contributed by atoms with Crippen LogP contribution in [0.3, 0.4) is 0 Å². The SMILES string of the molecule is Cc1ccc(C(CNC(=O)NCC(C)(C)CC(C)O)N(C)C)cc1. The number of carbonyl (C=O) groups is 1. The van der Waals surface area contributed by atoms with Gasteiger partial charge >= 0.3 is 6.03 Å². The molecule has 5 heteroatoms. The second-order valence-corrected chi connectivity index (χ2v) is 7.67. The van der Waals surface area contributed by atoms with E-state index in [1.54, 1.807) is 6.92 Å². The summed E-state index contributed by atoms with van der Waals surface area (Å²) >= 11 is 0. The number of nitrogens with one attached hydrogen (secondary N) is 2. The standard InChI is InChI=1S/C19H33N3O2/c1-14-7-9-16(10-8-14)17(22(5)6)12-20-18(24)21-13-19(3,4)11-15(2)23/h7-10,15,17,23H,11-13H2,1-6H3,(H2,20,21,24). The van der Waals surface area contributed by atoms with Crippen LogP contribution < -0.4 is 10.6 Å². The molecule has 0 aliphatic carbocycles. The minimum absolute atomic E-state index is 0.127. The minimum Gasteiger partial charge on any atom is -0.393 e. The van der Waals surface area contributed by atoms with E-state index in [0.29, 0.717) is 19.5 Å². The maximum Gasteiger partial charge on any atom is 0.314 e. The number of hydrogen-bond donors (Lipinski definition) is 3. The van der Waals surface area contributed by atoms with E-state index in [4.69, 9.17) is 0 Å². The molecule has 0 spiro atoms. The normalized spacial score (nSPS) is 14.3. The Bertz CT molecular complexity index is 510. The number of amides is 2. The first kappa shape index (κ1) is 20.5. The monoisotopic (exact) mass is 335 g/mol. The zero-order valence-electron chi connectivity index (χ0n) is 15.9. The highest BCUT2D eigenvalue weighted by molar-refractivity contribution is 5.73. The second kappa shape index (κ2) is 9.04. The van der Waals surface area contributed by atoms with Crippen molar-refractivity contribution in [1.29, 1.82) is 0 Å². The quantitative estimate of drug-likeness (QED) is 0.684. The van der Waals surface area contributed by atoms with Gasteiger partial charge in [-0.3, -0.25) is 0 Å². The van der Waals surface area contributed by atoms with Crippen LogP contribution in [0.1, 0.15) is 44.4 Å². The molecule has 24 heavy (non-hydrogen) atoms. The lowest BCUT2D eigenvalue weighted by molar-refractivity contribution is 0.128. The van der Waals surface area contributed by atoms with Gasteiger partial charge in [0.1, 0.15) is 0 Å². The van der Waals surface area contributed by atoms with Crippen molar-refractivity contribution < 1.29 is 9.90 Å². The molecule has 3 N–H and O–H groups in total. The van der Waals surface area contributed by atoms with Crippen LogP contribution in [0.5, 0.6) is 0 Å². The molecule has 0 radical (unpaired) electrons. The largest absolute Gasteiger partial charge is 0.393 e. The Labute approximate surface area is 146 Å². The molecule has 0 aromatic heterocycles. The predicted octanol–water partition coefficient (Wildman–Crippen LogP) is 2.69. The molecule has 2 amide bonds. The Morgan fingerprint density at radius 1 is 1.21 bits per heavy atom. The number of likely N-dealkylation sites (N-methyl/N-ethyl adjacent to an activating group) is 1. The van der Waals surface area contributed by atoms with Crippen LogP contribution in [0.15, 0.2) is 24.3 Å². The molecule has 1 aromatic rings. The van der Waals surface area contributed by atoms with Gasteiger partial charge in [-0.15, -0.1) is 0 Å². The maximum absolute atomic E-state index is 12.1. The fourth-order valence-corrected chi connectivity index (χ4v) is 2.83. The first-order chi connectivity index (χ1) is 11.1.